The number of carboxylic acids is 1. The zero-order chi connectivity index (χ0) is 17.4. The van der Waals surface area contributed by atoms with Gasteiger partial charge in [-0.15, -0.1) is 0 Å². The minimum Gasteiger partial charge on any atom is -0.480 e. The predicted molar refractivity (Wildman–Crippen MR) is 85.5 cm³/mol. The highest BCUT2D eigenvalue weighted by molar-refractivity contribution is 7.96. The first-order valence-corrected chi connectivity index (χ1v) is 10.5. The maximum absolute atomic E-state index is 12.7. The van der Waals surface area contributed by atoms with E-state index in [1.807, 2.05) is 0 Å². The van der Waals surface area contributed by atoms with Gasteiger partial charge in [0.1, 0.15) is 0 Å². The molecule has 1 aliphatic heterocycles. The average Bonchev–Trinajstić information content (AvgIpc) is 2.75. The minimum absolute atomic E-state index is 0.0311. The third-order valence-corrected chi connectivity index (χ3v) is 8.32. The summed E-state index contributed by atoms with van der Waals surface area (Å²) in [6.07, 6.45) is 0. The summed E-state index contributed by atoms with van der Waals surface area (Å²) in [5, 5.41) is 10.1. The molecule has 1 fully saturated rings. The maximum Gasteiger partial charge on any atom is 0.317 e. The summed E-state index contributed by atoms with van der Waals surface area (Å²) in [4.78, 5) is 10.5. The lowest BCUT2D eigenvalue weighted by Crippen LogP contribution is -2.45. The number of carbonyl (C=O) groups is 1. The van der Waals surface area contributed by atoms with E-state index in [2.05, 4.69) is 5.32 Å². The van der Waals surface area contributed by atoms with Crippen LogP contribution in [0.25, 0.3) is 0 Å². The molecular weight excluding hydrogens is 389 g/mol. The van der Waals surface area contributed by atoms with Crippen LogP contribution in [0.4, 0.5) is 0 Å². The lowest BCUT2D eigenvalue weighted by molar-refractivity contribution is -0.136. The standard InChI is InChI=1S/C12H13Cl2NO6S2/c13-8-2-1-7(3-9(8)14)23(20,21)11-6-22(18,19)5-10(11)15-4-12(16)17/h1-3,10-11,15H,4-6H2,(H,16,17). The molecule has 128 valence electrons. The first kappa shape index (κ1) is 18.5. The quantitative estimate of drug-likeness (QED) is 0.741. The molecule has 1 saturated heterocycles. The van der Waals surface area contributed by atoms with Crippen molar-refractivity contribution in [3.05, 3.63) is 28.2 Å². The van der Waals surface area contributed by atoms with E-state index in [0.717, 1.165) is 6.07 Å². The van der Waals surface area contributed by atoms with Gasteiger partial charge < -0.3 is 10.4 Å². The largest absolute Gasteiger partial charge is 0.480 e. The number of nitrogens with one attached hydrogen (secondary N) is 1. The molecule has 0 spiro atoms. The van der Waals surface area contributed by atoms with E-state index in [1.54, 1.807) is 0 Å². The molecule has 1 heterocycles. The fraction of sp³-hybridized carbons (Fsp3) is 0.417. The van der Waals surface area contributed by atoms with E-state index in [4.69, 9.17) is 28.3 Å². The van der Waals surface area contributed by atoms with Crippen molar-refractivity contribution in [1.29, 1.82) is 0 Å². The molecule has 1 aliphatic rings. The van der Waals surface area contributed by atoms with Crippen molar-refractivity contribution >= 4 is 48.8 Å². The maximum atomic E-state index is 12.7. The van der Waals surface area contributed by atoms with Crippen LogP contribution in [0.15, 0.2) is 23.1 Å². The summed E-state index contributed by atoms with van der Waals surface area (Å²) in [5.41, 5.74) is 0. The molecule has 23 heavy (non-hydrogen) atoms. The van der Waals surface area contributed by atoms with Crippen molar-refractivity contribution in [1.82, 2.24) is 5.32 Å². The van der Waals surface area contributed by atoms with Crippen LogP contribution >= 0.6 is 23.2 Å². The Hall–Kier alpha value is -0.870. The van der Waals surface area contributed by atoms with Crippen LogP contribution in [-0.4, -0.2) is 57.3 Å². The van der Waals surface area contributed by atoms with Crippen molar-refractivity contribution in [2.24, 2.45) is 0 Å². The van der Waals surface area contributed by atoms with E-state index in [0.29, 0.717) is 0 Å². The molecule has 1 aromatic rings. The van der Waals surface area contributed by atoms with Crippen molar-refractivity contribution in [2.45, 2.75) is 16.2 Å². The summed E-state index contributed by atoms with van der Waals surface area (Å²) < 4.78 is 49.0. The SMILES string of the molecule is O=C(O)CNC1CS(=O)(=O)CC1S(=O)(=O)c1ccc(Cl)c(Cl)c1. The molecule has 1 aromatic carbocycles. The Morgan fingerprint density at radius 1 is 1.26 bits per heavy atom. The molecule has 0 amide bonds. The Morgan fingerprint density at radius 2 is 1.91 bits per heavy atom. The summed E-state index contributed by atoms with van der Waals surface area (Å²) >= 11 is 11.6. The number of hydrogen-bond donors (Lipinski definition) is 2. The van der Waals surface area contributed by atoms with Crippen molar-refractivity contribution in [2.75, 3.05) is 18.1 Å². The molecule has 2 atom stereocenters. The monoisotopic (exact) mass is 401 g/mol. The molecule has 0 aromatic heterocycles. The minimum atomic E-state index is -4.02. The molecule has 0 saturated carbocycles. The van der Waals surface area contributed by atoms with Gasteiger partial charge in [-0.05, 0) is 18.2 Å². The van der Waals surface area contributed by atoms with Gasteiger partial charge in [-0.3, -0.25) is 4.79 Å². The second-order valence-electron chi connectivity index (χ2n) is 5.12. The molecule has 0 bridgehead atoms. The molecule has 0 radical (unpaired) electrons. The summed E-state index contributed by atoms with van der Waals surface area (Å²) in [6, 6.07) is 2.69. The van der Waals surface area contributed by atoms with Crippen LogP contribution in [-0.2, 0) is 24.5 Å². The predicted octanol–water partition coefficient (Wildman–Crippen LogP) is 0.607. The number of carboxylic acid groups (broad SMARTS) is 1. The lowest BCUT2D eigenvalue weighted by atomic mass is 10.2. The number of halogens is 2. The molecule has 7 nitrogen and oxygen atoms in total. The molecular formula is C12H13Cl2NO6S2. The van der Waals surface area contributed by atoms with E-state index >= 15 is 0 Å². The van der Waals surface area contributed by atoms with Crippen LogP contribution in [0, 0.1) is 0 Å². The highest BCUT2D eigenvalue weighted by Crippen LogP contribution is 2.30. The van der Waals surface area contributed by atoms with Gasteiger partial charge in [-0.1, -0.05) is 23.2 Å². The Balaban J connectivity index is 2.38. The van der Waals surface area contributed by atoms with Gasteiger partial charge in [0.05, 0.1) is 38.2 Å². The second kappa shape index (κ2) is 6.56. The Bertz CT molecular complexity index is 837. The second-order valence-corrected chi connectivity index (χ2v) is 10.3. The zero-order valence-electron chi connectivity index (χ0n) is 11.6. The number of aliphatic carboxylic acids is 1. The van der Waals surface area contributed by atoms with Crippen LogP contribution in [0.2, 0.25) is 10.0 Å². The fourth-order valence-corrected chi connectivity index (χ4v) is 7.46. The molecule has 2 rings (SSSR count). The van der Waals surface area contributed by atoms with Gasteiger partial charge in [0.25, 0.3) is 0 Å². The Morgan fingerprint density at radius 3 is 2.48 bits per heavy atom. The molecule has 2 N–H and O–H groups in total. The zero-order valence-corrected chi connectivity index (χ0v) is 14.7. The Labute approximate surface area is 143 Å². The first-order valence-electron chi connectivity index (χ1n) is 6.37. The number of sulfone groups is 2. The van der Waals surface area contributed by atoms with Crippen molar-refractivity contribution in [3.63, 3.8) is 0 Å². The van der Waals surface area contributed by atoms with Crippen molar-refractivity contribution < 1.29 is 26.7 Å². The molecule has 2 unspecified atom stereocenters. The van der Waals surface area contributed by atoms with Gasteiger partial charge in [-0.25, -0.2) is 16.8 Å². The number of rotatable bonds is 5. The van der Waals surface area contributed by atoms with Gasteiger partial charge >= 0.3 is 5.97 Å². The average molecular weight is 402 g/mol. The van der Waals surface area contributed by atoms with Gasteiger partial charge in [0.15, 0.2) is 19.7 Å². The summed E-state index contributed by atoms with van der Waals surface area (Å²) in [7, 11) is -7.62. The fourth-order valence-electron chi connectivity index (χ4n) is 2.36. The van der Waals surface area contributed by atoms with Gasteiger partial charge in [-0.2, -0.15) is 0 Å². The third kappa shape index (κ3) is 4.16. The summed E-state index contributed by atoms with van der Waals surface area (Å²) in [6.45, 7) is -0.534. The number of hydrogen-bond acceptors (Lipinski definition) is 6. The van der Waals surface area contributed by atoms with Crippen LogP contribution in [0.5, 0.6) is 0 Å². The van der Waals surface area contributed by atoms with E-state index in [1.165, 1.54) is 12.1 Å². The smallest absolute Gasteiger partial charge is 0.317 e. The van der Waals surface area contributed by atoms with Gasteiger partial charge in [0, 0.05) is 6.04 Å². The third-order valence-electron chi connectivity index (χ3n) is 3.43. The normalized spacial score (nSPS) is 23.7. The highest BCUT2D eigenvalue weighted by Gasteiger charge is 2.45. The summed E-state index contributed by atoms with van der Waals surface area (Å²) in [5.74, 6) is -2.22. The highest BCUT2D eigenvalue weighted by atomic mass is 35.5. The lowest BCUT2D eigenvalue weighted by Gasteiger charge is -2.19. The molecule has 11 heteroatoms. The molecule has 0 aliphatic carbocycles. The van der Waals surface area contributed by atoms with E-state index < -0.39 is 55.0 Å². The van der Waals surface area contributed by atoms with E-state index in [9.17, 15) is 21.6 Å². The van der Waals surface area contributed by atoms with Crippen LogP contribution in [0.3, 0.4) is 0 Å². The van der Waals surface area contributed by atoms with Crippen LogP contribution in [0.1, 0.15) is 0 Å². The Kier molecular flexibility index (Phi) is 5.27. The van der Waals surface area contributed by atoms with Crippen LogP contribution < -0.4 is 5.32 Å². The van der Waals surface area contributed by atoms with E-state index in [-0.39, 0.29) is 14.9 Å². The van der Waals surface area contributed by atoms with Gasteiger partial charge in [0.2, 0.25) is 0 Å². The van der Waals surface area contributed by atoms with Crippen molar-refractivity contribution in [3.8, 4) is 0 Å². The first-order chi connectivity index (χ1) is 10.5. The topological polar surface area (TPSA) is 118 Å². The number of benzene rings is 1.